The van der Waals surface area contributed by atoms with Gasteiger partial charge in [-0.2, -0.15) is 0 Å². The Morgan fingerprint density at radius 2 is 1.83 bits per heavy atom. The summed E-state index contributed by atoms with van der Waals surface area (Å²) in [7, 11) is 0. The van der Waals surface area contributed by atoms with Crippen molar-refractivity contribution in [1.29, 1.82) is 0 Å². The Morgan fingerprint density at radius 1 is 1.14 bits per heavy atom. The van der Waals surface area contributed by atoms with Gasteiger partial charge in [0, 0.05) is 27.2 Å². The van der Waals surface area contributed by atoms with Gasteiger partial charge in [-0.3, -0.25) is 14.4 Å². The zero-order chi connectivity index (χ0) is 25.5. The van der Waals surface area contributed by atoms with Gasteiger partial charge in [0.15, 0.2) is 11.6 Å². The molecule has 35 heavy (non-hydrogen) atoms. The molecule has 2 N–H and O–H groups in total. The van der Waals surface area contributed by atoms with Crippen molar-refractivity contribution in [1.82, 2.24) is 0 Å². The van der Waals surface area contributed by atoms with Crippen molar-refractivity contribution in [2.45, 2.75) is 58.3 Å². The van der Waals surface area contributed by atoms with Crippen LogP contribution in [0.1, 0.15) is 73.2 Å². The molecule has 0 spiro atoms. The standard InChI is InChI=1S/C26H31FO6S.Na.H/c1-5-7-19-21(10-9-18(16(2)28)24(19)31)33-12-6-13-34-22-11-8-17(14-20(22)27)25(32)26(3,4)15-23(29)30;;/h8-11,14,31H,5-7,12-13,15H2,1-4H3,(H,29,30);;. The van der Waals surface area contributed by atoms with Crippen molar-refractivity contribution in [3.63, 3.8) is 0 Å². The van der Waals surface area contributed by atoms with E-state index in [0.29, 0.717) is 41.4 Å². The molecular formula is C26H32FNaO6S. The van der Waals surface area contributed by atoms with Crippen LogP contribution in [0.4, 0.5) is 4.39 Å². The predicted molar refractivity (Wildman–Crippen MR) is 137 cm³/mol. The van der Waals surface area contributed by atoms with Gasteiger partial charge in [0.25, 0.3) is 0 Å². The zero-order valence-corrected chi connectivity index (χ0v) is 20.8. The number of thioether (sulfide) groups is 1. The number of aliphatic carboxylic acids is 1. The van der Waals surface area contributed by atoms with Gasteiger partial charge in [-0.15, -0.1) is 11.8 Å². The summed E-state index contributed by atoms with van der Waals surface area (Å²) in [6, 6.07) is 7.45. The molecule has 0 aliphatic carbocycles. The van der Waals surface area contributed by atoms with Crippen LogP contribution >= 0.6 is 11.8 Å². The van der Waals surface area contributed by atoms with Gasteiger partial charge in [0.05, 0.1) is 18.6 Å². The van der Waals surface area contributed by atoms with E-state index < -0.39 is 23.0 Å². The van der Waals surface area contributed by atoms with E-state index in [1.165, 1.54) is 44.7 Å². The van der Waals surface area contributed by atoms with Crippen LogP contribution in [0.5, 0.6) is 11.5 Å². The minimum atomic E-state index is -1.13. The van der Waals surface area contributed by atoms with E-state index in [1.54, 1.807) is 12.1 Å². The van der Waals surface area contributed by atoms with Gasteiger partial charge < -0.3 is 14.9 Å². The molecule has 0 fully saturated rings. The van der Waals surface area contributed by atoms with Crippen molar-refractivity contribution in [2.24, 2.45) is 5.41 Å². The number of hydrogen-bond acceptors (Lipinski definition) is 6. The molecule has 2 aromatic carbocycles. The first-order valence-electron chi connectivity index (χ1n) is 11.2. The summed E-state index contributed by atoms with van der Waals surface area (Å²) in [5, 5.41) is 19.4. The Kier molecular flexibility index (Phi) is 12.5. The summed E-state index contributed by atoms with van der Waals surface area (Å²) in [6.07, 6.45) is 1.64. The van der Waals surface area contributed by atoms with E-state index >= 15 is 0 Å². The van der Waals surface area contributed by atoms with Gasteiger partial charge in [-0.25, -0.2) is 4.39 Å². The van der Waals surface area contributed by atoms with Crippen LogP contribution in [0.3, 0.4) is 0 Å². The van der Waals surface area contributed by atoms with Crippen LogP contribution in [-0.4, -0.2) is 69.7 Å². The van der Waals surface area contributed by atoms with Gasteiger partial charge in [-0.1, -0.05) is 33.3 Å². The number of phenols is 1. The van der Waals surface area contributed by atoms with E-state index in [4.69, 9.17) is 9.84 Å². The normalized spacial score (nSPS) is 11.0. The molecule has 0 heterocycles. The molecule has 6 nitrogen and oxygen atoms in total. The van der Waals surface area contributed by atoms with E-state index in [2.05, 4.69) is 0 Å². The number of rotatable bonds is 13. The van der Waals surface area contributed by atoms with Crippen molar-refractivity contribution < 1.29 is 33.7 Å². The summed E-state index contributed by atoms with van der Waals surface area (Å²) in [6.45, 7) is 6.79. The molecule has 0 bridgehead atoms. The number of Topliss-reactive ketones (excluding diaryl/α,β-unsaturated/α-hetero) is 2. The number of phenolic OH excluding ortho intramolecular Hbond substituents is 1. The van der Waals surface area contributed by atoms with Crippen molar-refractivity contribution in [2.75, 3.05) is 12.4 Å². The fraction of sp³-hybridized carbons (Fsp3) is 0.423. The number of halogens is 1. The molecule has 0 radical (unpaired) electrons. The number of ether oxygens (including phenoxy) is 1. The molecule has 0 saturated carbocycles. The number of carboxylic acid groups (broad SMARTS) is 1. The number of hydrogen-bond donors (Lipinski definition) is 2. The summed E-state index contributed by atoms with van der Waals surface area (Å²) in [4.78, 5) is 35.6. The average molecular weight is 515 g/mol. The maximum atomic E-state index is 14.5. The third-order valence-electron chi connectivity index (χ3n) is 5.32. The molecule has 0 amide bonds. The molecule has 186 valence electrons. The Balaban J connectivity index is 0.00000612. The molecule has 0 saturated heterocycles. The molecule has 0 aromatic heterocycles. The van der Waals surface area contributed by atoms with E-state index in [1.807, 2.05) is 6.92 Å². The van der Waals surface area contributed by atoms with Crippen LogP contribution in [0, 0.1) is 11.2 Å². The summed E-state index contributed by atoms with van der Waals surface area (Å²) in [5.74, 6) is -1.18. The maximum absolute atomic E-state index is 14.5. The summed E-state index contributed by atoms with van der Waals surface area (Å²) >= 11 is 1.29. The van der Waals surface area contributed by atoms with Gasteiger partial charge >= 0.3 is 35.5 Å². The van der Waals surface area contributed by atoms with Gasteiger partial charge in [0.2, 0.25) is 0 Å². The van der Waals surface area contributed by atoms with Crippen LogP contribution in [-0.2, 0) is 11.2 Å². The first kappa shape index (κ1) is 31.2. The molecule has 0 aliphatic heterocycles. The van der Waals surface area contributed by atoms with Gasteiger partial charge in [0.1, 0.15) is 17.3 Å². The summed E-state index contributed by atoms with van der Waals surface area (Å²) in [5.41, 5.74) is -0.0957. The second-order valence-corrected chi connectivity index (χ2v) is 9.86. The number of carbonyl (C=O) groups excluding carboxylic acids is 2. The predicted octanol–water partition coefficient (Wildman–Crippen LogP) is 5.28. The topological polar surface area (TPSA) is 101 Å². The fourth-order valence-corrected chi connectivity index (χ4v) is 4.40. The van der Waals surface area contributed by atoms with E-state index in [9.17, 15) is 23.9 Å². The number of carbonyl (C=O) groups is 3. The van der Waals surface area contributed by atoms with Crippen LogP contribution < -0.4 is 4.74 Å². The number of ketones is 2. The van der Waals surface area contributed by atoms with Crippen molar-refractivity contribution >= 4 is 58.9 Å². The van der Waals surface area contributed by atoms with E-state index in [-0.39, 0.29) is 58.6 Å². The second-order valence-electron chi connectivity index (χ2n) is 8.72. The first-order valence-corrected chi connectivity index (χ1v) is 12.1. The molecule has 9 heteroatoms. The molecular weight excluding hydrogens is 482 g/mol. The SMILES string of the molecule is CCCc1c(OCCCSc2ccc(C(=O)C(C)(C)CC(=O)O)cc2F)ccc(C(C)=O)c1O.[NaH]. The first-order chi connectivity index (χ1) is 16.0. The molecule has 0 atom stereocenters. The van der Waals surface area contributed by atoms with E-state index in [0.717, 1.165) is 12.5 Å². The average Bonchev–Trinajstić information content (AvgIpc) is 2.75. The fourth-order valence-electron chi connectivity index (χ4n) is 3.56. The number of benzene rings is 2. The number of aromatic hydroxyl groups is 1. The molecule has 2 aromatic rings. The molecule has 0 unspecified atom stereocenters. The Hall–Kier alpha value is -1.87. The van der Waals surface area contributed by atoms with Gasteiger partial charge in [-0.05, 0) is 44.0 Å². The second kappa shape index (κ2) is 14.0. The van der Waals surface area contributed by atoms with Crippen LogP contribution in [0.15, 0.2) is 35.2 Å². The Morgan fingerprint density at radius 3 is 2.40 bits per heavy atom. The number of carboxylic acids is 1. The van der Waals surface area contributed by atoms with Crippen LogP contribution in [0.25, 0.3) is 0 Å². The molecule has 2 rings (SSSR count). The minimum absolute atomic E-state index is 0. The van der Waals surface area contributed by atoms with Crippen molar-refractivity contribution in [3.8, 4) is 11.5 Å². The Bertz CT molecular complexity index is 1070. The zero-order valence-electron chi connectivity index (χ0n) is 19.9. The quantitative estimate of drug-likeness (QED) is 0.162. The van der Waals surface area contributed by atoms with Crippen molar-refractivity contribution in [3.05, 3.63) is 52.8 Å². The van der Waals surface area contributed by atoms with Crippen LogP contribution in [0.2, 0.25) is 0 Å². The Labute approximate surface area is 231 Å². The third-order valence-corrected chi connectivity index (χ3v) is 6.46. The monoisotopic (exact) mass is 514 g/mol. The third kappa shape index (κ3) is 8.63. The summed E-state index contributed by atoms with van der Waals surface area (Å²) < 4.78 is 20.4. The molecule has 0 aliphatic rings.